The van der Waals surface area contributed by atoms with Crippen LogP contribution in [0.15, 0.2) is 9.00 Å². The van der Waals surface area contributed by atoms with Gasteiger partial charge < -0.3 is 9.88 Å². The van der Waals surface area contributed by atoms with E-state index < -0.39 is 10.0 Å². The second kappa shape index (κ2) is 8.07. The number of nitrogens with zero attached hydrogens (tertiary/aromatic N) is 1. The zero-order valence-electron chi connectivity index (χ0n) is 13.1. The van der Waals surface area contributed by atoms with Crippen LogP contribution in [-0.2, 0) is 10.0 Å². The van der Waals surface area contributed by atoms with Crippen LogP contribution in [0.2, 0.25) is 0 Å². The van der Waals surface area contributed by atoms with Crippen LogP contribution in [-0.4, -0.2) is 44.0 Å². The molecule has 1 rings (SSSR count). The number of hydrogen-bond donors (Lipinski definition) is 2. The molecule has 0 aliphatic carbocycles. The van der Waals surface area contributed by atoms with Gasteiger partial charge in [0.2, 0.25) is 0 Å². The zero-order valence-corrected chi connectivity index (χ0v) is 14.7. The molecule has 2 N–H and O–H groups in total. The molecule has 0 bridgehead atoms. The fourth-order valence-electron chi connectivity index (χ4n) is 2.18. The summed E-state index contributed by atoms with van der Waals surface area (Å²) in [6.45, 7) is 10.7. The van der Waals surface area contributed by atoms with Crippen LogP contribution < -0.4 is 9.60 Å². The molecular weight excluding hydrogens is 310 g/mol. The van der Waals surface area contributed by atoms with E-state index in [0.29, 0.717) is 5.69 Å². The van der Waals surface area contributed by atoms with Gasteiger partial charge in [-0.1, -0.05) is 25.2 Å². The molecule has 0 saturated heterocycles. The van der Waals surface area contributed by atoms with Crippen molar-refractivity contribution in [2.24, 2.45) is 0 Å². The van der Waals surface area contributed by atoms with Crippen molar-refractivity contribution >= 4 is 21.4 Å². The highest BCUT2D eigenvalue weighted by molar-refractivity contribution is 7.91. The van der Waals surface area contributed by atoms with Crippen molar-refractivity contribution in [2.45, 2.75) is 50.8 Å². The van der Waals surface area contributed by atoms with E-state index in [1.165, 1.54) is 0 Å². The number of H-pyrrole nitrogens is 1. The van der Waals surface area contributed by atoms with E-state index in [4.69, 9.17) is 0 Å². The minimum atomic E-state index is -3.61. The average Bonchev–Trinajstić information content (AvgIpc) is 2.74. The van der Waals surface area contributed by atoms with Crippen LogP contribution in [0, 0.1) is 6.92 Å². The van der Waals surface area contributed by atoms with Crippen molar-refractivity contribution in [3.05, 3.63) is 15.4 Å². The highest BCUT2D eigenvalue weighted by Gasteiger charge is 2.22. The molecule has 8 heteroatoms. The SMILES string of the molecule is CCN(CC)CCCC(C)NS(=O)(=O)c1sc(=O)[nH]c1C. The smallest absolute Gasteiger partial charge is 0.305 e. The number of nitrogens with one attached hydrogen (secondary N) is 2. The molecule has 21 heavy (non-hydrogen) atoms. The van der Waals surface area contributed by atoms with Crippen LogP contribution >= 0.6 is 11.3 Å². The molecule has 1 unspecified atom stereocenters. The standard InChI is InChI=1S/C13H25N3O3S2/c1-5-16(6-2)9-7-8-10(3)15-21(18,19)12-11(4)14-13(17)20-12/h10,15H,5-9H2,1-4H3,(H,14,17). The van der Waals surface area contributed by atoms with Gasteiger partial charge in [0.05, 0.1) is 0 Å². The van der Waals surface area contributed by atoms with Crippen molar-refractivity contribution in [3.63, 3.8) is 0 Å². The lowest BCUT2D eigenvalue weighted by atomic mass is 10.2. The van der Waals surface area contributed by atoms with E-state index >= 15 is 0 Å². The minimum absolute atomic E-state index is 0.0862. The minimum Gasteiger partial charge on any atom is -0.315 e. The summed E-state index contributed by atoms with van der Waals surface area (Å²) < 4.78 is 27.2. The molecule has 122 valence electrons. The van der Waals surface area contributed by atoms with Gasteiger partial charge >= 0.3 is 4.87 Å². The normalized spacial score (nSPS) is 13.8. The lowest BCUT2D eigenvalue weighted by Crippen LogP contribution is -2.33. The number of hydrogen-bond acceptors (Lipinski definition) is 5. The van der Waals surface area contributed by atoms with Crippen LogP contribution in [0.5, 0.6) is 0 Å². The molecule has 0 spiro atoms. The van der Waals surface area contributed by atoms with E-state index in [1.807, 2.05) is 6.92 Å². The Kier molecular flexibility index (Phi) is 7.05. The second-order valence-corrected chi connectivity index (χ2v) is 8.01. The predicted octanol–water partition coefficient (Wildman–Crippen LogP) is 1.53. The molecule has 6 nitrogen and oxygen atoms in total. The molecule has 0 saturated carbocycles. The van der Waals surface area contributed by atoms with Crippen LogP contribution in [0.25, 0.3) is 0 Å². The summed E-state index contributed by atoms with van der Waals surface area (Å²) in [5.41, 5.74) is 0.396. The maximum atomic E-state index is 12.2. The lowest BCUT2D eigenvalue weighted by molar-refractivity contribution is 0.293. The Hall–Kier alpha value is -0.700. The Morgan fingerprint density at radius 3 is 2.43 bits per heavy atom. The summed E-state index contributed by atoms with van der Waals surface area (Å²) in [7, 11) is -3.61. The summed E-state index contributed by atoms with van der Waals surface area (Å²) in [5.74, 6) is 0. The molecule has 0 aliphatic rings. The first kappa shape index (κ1) is 18.3. The third-order valence-electron chi connectivity index (χ3n) is 3.39. The largest absolute Gasteiger partial charge is 0.315 e. The fraction of sp³-hybridized carbons (Fsp3) is 0.769. The summed E-state index contributed by atoms with van der Waals surface area (Å²) in [6, 6.07) is -0.151. The number of rotatable bonds is 9. The van der Waals surface area contributed by atoms with Crippen molar-refractivity contribution in [2.75, 3.05) is 19.6 Å². The molecule has 1 atom stereocenters. The molecule has 0 aromatic carbocycles. The van der Waals surface area contributed by atoms with E-state index in [1.54, 1.807) is 6.92 Å². The number of aryl methyl sites for hydroxylation is 1. The maximum Gasteiger partial charge on any atom is 0.305 e. The highest BCUT2D eigenvalue weighted by atomic mass is 32.2. The van der Waals surface area contributed by atoms with E-state index in [0.717, 1.165) is 43.8 Å². The molecule has 0 amide bonds. The first-order valence-corrected chi connectivity index (χ1v) is 9.54. The Bertz CT molecular complexity index is 588. The topological polar surface area (TPSA) is 82.3 Å². The molecule has 1 heterocycles. The Labute approximate surface area is 130 Å². The fourth-order valence-corrected chi connectivity index (χ4v) is 4.78. The number of thiazole rings is 1. The van der Waals surface area contributed by atoms with Crippen molar-refractivity contribution < 1.29 is 8.42 Å². The third-order valence-corrected chi connectivity index (χ3v) is 6.58. The van der Waals surface area contributed by atoms with Crippen molar-refractivity contribution in [1.82, 2.24) is 14.6 Å². The van der Waals surface area contributed by atoms with Gasteiger partial charge in [0.1, 0.15) is 0 Å². The first-order chi connectivity index (χ1) is 9.80. The van der Waals surface area contributed by atoms with Gasteiger partial charge in [0.15, 0.2) is 4.21 Å². The van der Waals surface area contributed by atoms with Crippen LogP contribution in [0.1, 0.15) is 39.3 Å². The quantitative estimate of drug-likeness (QED) is 0.717. The van der Waals surface area contributed by atoms with E-state index in [-0.39, 0.29) is 15.1 Å². The van der Waals surface area contributed by atoms with Gasteiger partial charge in [-0.3, -0.25) is 4.79 Å². The predicted molar refractivity (Wildman–Crippen MR) is 86.5 cm³/mol. The van der Waals surface area contributed by atoms with Gasteiger partial charge in [-0.25, -0.2) is 13.1 Å². The molecular formula is C13H25N3O3S2. The molecule has 1 aromatic heterocycles. The summed E-state index contributed by atoms with van der Waals surface area (Å²) in [4.78, 5) is 15.7. The molecule has 0 fully saturated rings. The second-order valence-electron chi connectivity index (χ2n) is 5.12. The molecule has 0 radical (unpaired) electrons. The number of sulfonamides is 1. The Balaban J connectivity index is 2.56. The number of aromatic nitrogens is 1. The van der Waals surface area contributed by atoms with Crippen molar-refractivity contribution in [3.8, 4) is 0 Å². The van der Waals surface area contributed by atoms with Gasteiger partial charge in [0.25, 0.3) is 10.0 Å². The van der Waals surface area contributed by atoms with E-state index in [2.05, 4.69) is 28.5 Å². The maximum absolute atomic E-state index is 12.2. The summed E-state index contributed by atoms with van der Waals surface area (Å²) in [5, 5.41) is 0. The highest BCUT2D eigenvalue weighted by Crippen LogP contribution is 2.16. The lowest BCUT2D eigenvalue weighted by Gasteiger charge is -2.19. The molecule has 0 aliphatic heterocycles. The van der Waals surface area contributed by atoms with Gasteiger partial charge in [-0.05, 0) is 46.3 Å². The van der Waals surface area contributed by atoms with Gasteiger partial charge in [0, 0.05) is 11.7 Å². The summed E-state index contributed by atoms with van der Waals surface area (Å²) in [6.07, 6.45) is 1.71. The van der Waals surface area contributed by atoms with Crippen molar-refractivity contribution in [1.29, 1.82) is 0 Å². The summed E-state index contributed by atoms with van der Waals surface area (Å²) >= 11 is 0.729. The van der Waals surface area contributed by atoms with Gasteiger partial charge in [-0.2, -0.15) is 0 Å². The monoisotopic (exact) mass is 335 g/mol. The molecule has 1 aromatic rings. The van der Waals surface area contributed by atoms with Gasteiger partial charge in [-0.15, -0.1) is 0 Å². The van der Waals surface area contributed by atoms with Crippen LogP contribution in [0.3, 0.4) is 0 Å². The number of aromatic amines is 1. The first-order valence-electron chi connectivity index (χ1n) is 7.24. The Morgan fingerprint density at radius 2 is 1.95 bits per heavy atom. The van der Waals surface area contributed by atoms with E-state index in [9.17, 15) is 13.2 Å². The Morgan fingerprint density at radius 1 is 1.33 bits per heavy atom. The third kappa shape index (κ3) is 5.54. The zero-order chi connectivity index (χ0) is 16.0. The average molecular weight is 335 g/mol. The van der Waals surface area contributed by atoms with Crippen LogP contribution in [0.4, 0.5) is 0 Å².